The van der Waals surface area contributed by atoms with E-state index in [1.165, 1.54) is 6.33 Å². The lowest BCUT2D eigenvalue weighted by Gasteiger charge is -2.17. The normalized spacial score (nSPS) is 11.1. The van der Waals surface area contributed by atoms with Crippen LogP contribution in [-0.4, -0.2) is 15.1 Å². The molecule has 0 bridgehead atoms. The van der Waals surface area contributed by atoms with Crippen molar-refractivity contribution < 1.29 is 4.52 Å². The second kappa shape index (κ2) is 7.18. The fourth-order valence-electron chi connectivity index (χ4n) is 3.16. The molecule has 0 spiro atoms. The summed E-state index contributed by atoms with van der Waals surface area (Å²) in [7, 11) is 0. The van der Waals surface area contributed by atoms with Gasteiger partial charge in [-0.3, -0.25) is 4.42 Å². The highest BCUT2D eigenvalue weighted by atomic mass is 35.5. The molecular formula is C20H16Cl2N4O. The average molecular weight is 399 g/mol. The van der Waals surface area contributed by atoms with Crippen LogP contribution in [-0.2, 0) is 6.54 Å². The van der Waals surface area contributed by atoms with Crippen LogP contribution in [0.3, 0.4) is 0 Å². The molecule has 4 aromatic rings. The van der Waals surface area contributed by atoms with E-state index < -0.39 is 0 Å². The van der Waals surface area contributed by atoms with E-state index in [1.54, 1.807) is 4.42 Å². The van der Waals surface area contributed by atoms with Crippen LogP contribution in [0.25, 0.3) is 22.0 Å². The van der Waals surface area contributed by atoms with Gasteiger partial charge in [-0.2, -0.15) is 0 Å². The van der Waals surface area contributed by atoms with Crippen molar-refractivity contribution in [2.45, 2.75) is 20.4 Å². The van der Waals surface area contributed by atoms with Gasteiger partial charge in [-0.25, -0.2) is 9.97 Å². The second-order valence-corrected chi connectivity index (χ2v) is 7.12. The Bertz CT molecular complexity index is 1110. The van der Waals surface area contributed by atoms with Crippen molar-refractivity contribution in [3.63, 3.8) is 0 Å². The number of fused-ring (bicyclic) bond motifs is 1. The summed E-state index contributed by atoms with van der Waals surface area (Å²) in [5.74, 6) is 1.40. The van der Waals surface area contributed by atoms with Crippen molar-refractivity contribution >= 4 is 40.1 Å². The lowest BCUT2D eigenvalue weighted by atomic mass is 10.0. The number of benzene rings is 2. The molecular weight excluding hydrogens is 383 g/mol. The minimum absolute atomic E-state index is 0.462. The summed E-state index contributed by atoms with van der Waals surface area (Å²) in [5, 5.41) is 5.56. The largest absolute Gasteiger partial charge is 0.361 e. The van der Waals surface area contributed by atoms with Crippen LogP contribution in [0.15, 0.2) is 53.3 Å². The minimum atomic E-state index is 0.462. The number of aromatic nitrogens is 3. The molecule has 0 aliphatic carbocycles. The molecule has 0 saturated heterocycles. The van der Waals surface area contributed by atoms with Crippen LogP contribution < -0.4 is 4.42 Å². The van der Waals surface area contributed by atoms with Crippen LogP contribution in [0.4, 0.5) is 5.82 Å². The van der Waals surface area contributed by atoms with Crippen LogP contribution in [0, 0.1) is 13.8 Å². The first-order valence-electron chi connectivity index (χ1n) is 8.38. The molecule has 2 aromatic carbocycles. The van der Waals surface area contributed by atoms with Gasteiger partial charge in [0.2, 0.25) is 0 Å². The topological polar surface area (TPSA) is 55.1 Å². The Hall–Kier alpha value is -2.63. The molecule has 0 saturated carbocycles. The van der Waals surface area contributed by atoms with E-state index in [4.69, 9.17) is 27.9 Å². The van der Waals surface area contributed by atoms with Crippen molar-refractivity contribution in [3.8, 4) is 11.1 Å². The summed E-state index contributed by atoms with van der Waals surface area (Å²) < 4.78 is 6.88. The molecule has 0 atom stereocenters. The zero-order valence-corrected chi connectivity index (χ0v) is 16.3. The highest BCUT2D eigenvalue weighted by molar-refractivity contribution is 6.30. The number of anilines is 1. The zero-order valence-electron chi connectivity index (χ0n) is 14.8. The van der Waals surface area contributed by atoms with Gasteiger partial charge < -0.3 is 4.52 Å². The third-order valence-electron chi connectivity index (χ3n) is 4.38. The van der Waals surface area contributed by atoms with Gasteiger partial charge >= 0.3 is 0 Å². The molecule has 2 heterocycles. The van der Waals surface area contributed by atoms with E-state index in [0.29, 0.717) is 17.4 Å². The highest BCUT2D eigenvalue weighted by Gasteiger charge is 2.16. The second-order valence-electron chi connectivity index (χ2n) is 6.28. The summed E-state index contributed by atoms with van der Waals surface area (Å²) >= 11 is 12.7. The Kier molecular flexibility index (Phi) is 4.72. The summed E-state index contributed by atoms with van der Waals surface area (Å²) in [4.78, 5) is 8.76. The highest BCUT2D eigenvalue weighted by Crippen LogP contribution is 2.33. The van der Waals surface area contributed by atoms with Crippen molar-refractivity contribution in [2.24, 2.45) is 0 Å². The maximum Gasteiger partial charge on any atom is 0.154 e. The lowest BCUT2D eigenvalue weighted by Crippen LogP contribution is -2.12. The molecule has 0 aliphatic rings. The molecule has 0 amide bonds. The predicted octanol–water partition coefficient (Wildman–Crippen LogP) is 5.72. The van der Waals surface area contributed by atoms with Gasteiger partial charge in [-0.05, 0) is 49.2 Å². The Labute approximate surface area is 166 Å². The Morgan fingerprint density at radius 2 is 1.93 bits per heavy atom. The van der Waals surface area contributed by atoms with E-state index in [0.717, 1.165) is 39.0 Å². The zero-order chi connectivity index (χ0) is 19.0. The van der Waals surface area contributed by atoms with Gasteiger partial charge in [0.25, 0.3) is 0 Å². The molecule has 0 fully saturated rings. The predicted molar refractivity (Wildman–Crippen MR) is 108 cm³/mol. The molecule has 5 nitrogen and oxygen atoms in total. The fraction of sp³-hybridized carbons (Fsp3) is 0.150. The van der Waals surface area contributed by atoms with Crippen LogP contribution >= 0.6 is 23.4 Å². The molecule has 0 radical (unpaired) electrons. The average Bonchev–Trinajstić information content (AvgIpc) is 2.99. The Morgan fingerprint density at radius 3 is 2.67 bits per heavy atom. The summed E-state index contributed by atoms with van der Waals surface area (Å²) in [6, 6.07) is 13.6. The first-order chi connectivity index (χ1) is 13.0. The van der Waals surface area contributed by atoms with Crippen LogP contribution in [0.2, 0.25) is 5.02 Å². The summed E-state index contributed by atoms with van der Waals surface area (Å²) in [6.45, 7) is 4.28. The molecule has 27 heavy (non-hydrogen) atoms. The van der Waals surface area contributed by atoms with Gasteiger partial charge in [0.05, 0.1) is 17.8 Å². The van der Waals surface area contributed by atoms with E-state index in [-0.39, 0.29) is 0 Å². The molecule has 0 aliphatic heterocycles. The van der Waals surface area contributed by atoms with Crippen LogP contribution in [0.1, 0.15) is 17.0 Å². The molecule has 136 valence electrons. The third-order valence-corrected chi connectivity index (χ3v) is 4.89. The number of halogens is 2. The van der Waals surface area contributed by atoms with E-state index in [2.05, 4.69) is 15.1 Å². The van der Waals surface area contributed by atoms with Gasteiger partial charge in [-0.15, -0.1) is 0 Å². The van der Waals surface area contributed by atoms with Gasteiger partial charge in [0, 0.05) is 27.7 Å². The smallest absolute Gasteiger partial charge is 0.154 e. The maximum atomic E-state index is 6.58. The molecule has 7 heteroatoms. The lowest BCUT2D eigenvalue weighted by molar-refractivity contribution is 0.393. The summed E-state index contributed by atoms with van der Waals surface area (Å²) in [6.07, 6.45) is 1.51. The number of rotatable bonds is 4. The number of nitrogens with zero attached hydrogens (tertiary/aromatic N) is 4. The van der Waals surface area contributed by atoms with E-state index in [1.807, 2.05) is 56.3 Å². The Morgan fingerprint density at radius 1 is 1.07 bits per heavy atom. The standard InChI is InChI=1S/C20H16Cl2N4O/c1-12-19(13(2)27-25-12)15-6-7-18-17(9-15)20(24-11-23-18)26(22)10-14-4-3-5-16(21)8-14/h3-9,11H,10H2,1-2H3. The summed E-state index contributed by atoms with van der Waals surface area (Å²) in [5.41, 5.74) is 4.61. The van der Waals surface area contributed by atoms with E-state index in [9.17, 15) is 0 Å². The number of aryl methyl sites for hydroxylation is 2. The molecule has 0 N–H and O–H groups in total. The number of hydrogen-bond donors (Lipinski definition) is 0. The van der Waals surface area contributed by atoms with E-state index >= 15 is 0 Å². The van der Waals surface area contributed by atoms with Gasteiger partial charge in [0.15, 0.2) is 5.82 Å². The molecule has 4 rings (SSSR count). The van der Waals surface area contributed by atoms with Crippen LogP contribution in [0.5, 0.6) is 0 Å². The fourth-order valence-corrected chi connectivity index (χ4v) is 3.64. The SMILES string of the molecule is Cc1noc(C)c1-c1ccc2ncnc(N(Cl)Cc3cccc(Cl)c3)c2c1. The van der Waals surface area contributed by atoms with Crippen molar-refractivity contribution in [3.05, 3.63) is 70.8 Å². The van der Waals surface area contributed by atoms with Crippen molar-refractivity contribution in [2.75, 3.05) is 4.42 Å². The maximum absolute atomic E-state index is 6.58. The van der Waals surface area contributed by atoms with Crippen molar-refractivity contribution in [1.29, 1.82) is 0 Å². The van der Waals surface area contributed by atoms with Gasteiger partial charge in [-0.1, -0.05) is 35.0 Å². The molecule has 2 aromatic heterocycles. The van der Waals surface area contributed by atoms with Crippen molar-refractivity contribution in [1.82, 2.24) is 15.1 Å². The quantitative estimate of drug-likeness (QED) is 0.411. The van der Waals surface area contributed by atoms with Gasteiger partial charge in [0.1, 0.15) is 12.1 Å². The Balaban J connectivity index is 1.77. The first-order valence-corrected chi connectivity index (χ1v) is 9.10. The number of hydrogen-bond acceptors (Lipinski definition) is 5. The molecule has 0 unspecified atom stereocenters. The first kappa shape index (κ1) is 17.8. The monoisotopic (exact) mass is 398 g/mol. The third kappa shape index (κ3) is 3.48. The minimum Gasteiger partial charge on any atom is -0.361 e.